The molecule has 0 atom stereocenters. The summed E-state index contributed by atoms with van der Waals surface area (Å²) in [6, 6.07) is 4.52. The smallest absolute Gasteiger partial charge is 0.339 e. The molecule has 1 heterocycles. The average molecular weight is 286 g/mol. The van der Waals surface area contributed by atoms with Crippen molar-refractivity contribution in [2.24, 2.45) is 0 Å². The summed E-state index contributed by atoms with van der Waals surface area (Å²) in [6.07, 6.45) is 0. The summed E-state index contributed by atoms with van der Waals surface area (Å²) in [7, 11) is 0. The Hall–Kier alpha value is -1.69. The summed E-state index contributed by atoms with van der Waals surface area (Å²) >= 11 is 3.17. The minimum atomic E-state index is -1.46. The molecule has 6 heteroatoms. The van der Waals surface area contributed by atoms with Crippen LogP contribution >= 0.6 is 15.9 Å². The molecule has 0 saturated heterocycles. The van der Waals surface area contributed by atoms with Crippen molar-refractivity contribution in [3.8, 4) is 0 Å². The second-order valence-electron chi connectivity index (χ2n) is 3.14. The fraction of sp³-hybridized carbons (Fsp3) is 0. The van der Waals surface area contributed by atoms with Crippen molar-refractivity contribution in [1.29, 1.82) is 0 Å². The van der Waals surface area contributed by atoms with Crippen LogP contribution in [0.1, 0.15) is 10.4 Å². The Morgan fingerprint density at radius 1 is 1.44 bits per heavy atom. The van der Waals surface area contributed by atoms with Crippen molar-refractivity contribution in [1.82, 2.24) is 4.98 Å². The highest BCUT2D eigenvalue weighted by Crippen LogP contribution is 2.21. The van der Waals surface area contributed by atoms with Crippen LogP contribution in [0.3, 0.4) is 0 Å². The average Bonchev–Trinajstić information content (AvgIpc) is 2.19. The fourth-order valence-electron chi connectivity index (χ4n) is 1.46. The van der Waals surface area contributed by atoms with Gasteiger partial charge in [0.25, 0.3) is 5.56 Å². The van der Waals surface area contributed by atoms with E-state index < -0.39 is 22.9 Å². The van der Waals surface area contributed by atoms with Crippen LogP contribution in [0.15, 0.2) is 27.5 Å². The van der Waals surface area contributed by atoms with Gasteiger partial charge in [-0.1, -0.05) is 22.0 Å². The van der Waals surface area contributed by atoms with E-state index >= 15 is 0 Å². The van der Waals surface area contributed by atoms with Crippen molar-refractivity contribution in [3.05, 3.63) is 44.4 Å². The summed E-state index contributed by atoms with van der Waals surface area (Å²) < 4.78 is 14.0. The van der Waals surface area contributed by atoms with E-state index in [2.05, 4.69) is 20.9 Å². The van der Waals surface area contributed by atoms with Gasteiger partial charge in [-0.25, -0.2) is 4.79 Å². The van der Waals surface area contributed by atoms with Crippen LogP contribution in [0.4, 0.5) is 4.39 Å². The quantitative estimate of drug-likeness (QED) is 0.843. The monoisotopic (exact) mass is 285 g/mol. The lowest BCUT2D eigenvalue weighted by atomic mass is 10.1. The van der Waals surface area contributed by atoms with Crippen molar-refractivity contribution in [2.75, 3.05) is 0 Å². The van der Waals surface area contributed by atoms with Gasteiger partial charge in [0.15, 0.2) is 0 Å². The lowest BCUT2D eigenvalue weighted by Gasteiger charge is -2.03. The Morgan fingerprint density at radius 2 is 2.12 bits per heavy atom. The predicted molar refractivity (Wildman–Crippen MR) is 59.2 cm³/mol. The molecule has 2 aromatic rings. The molecule has 0 amide bonds. The number of halogens is 2. The third kappa shape index (κ3) is 1.61. The number of hydrogen-bond acceptors (Lipinski definition) is 2. The van der Waals surface area contributed by atoms with E-state index in [-0.39, 0.29) is 10.9 Å². The van der Waals surface area contributed by atoms with Crippen LogP contribution in [0.5, 0.6) is 0 Å². The van der Waals surface area contributed by atoms with E-state index in [1.165, 1.54) is 12.1 Å². The Labute approximate surface area is 96.8 Å². The summed E-state index contributed by atoms with van der Waals surface area (Å²) in [5.41, 5.74) is -1.37. The minimum absolute atomic E-state index is 0.160. The molecule has 0 aliphatic heterocycles. The normalized spacial score (nSPS) is 10.6. The number of aromatic nitrogens is 1. The zero-order chi connectivity index (χ0) is 11.9. The summed E-state index contributed by atoms with van der Waals surface area (Å²) in [4.78, 5) is 24.3. The molecule has 2 N–H and O–H groups in total. The number of hydrogen-bond donors (Lipinski definition) is 2. The van der Waals surface area contributed by atoms with Crippen molar-refractivity contribution >= 4 is 32.8 Å². The highest BCUT2D eigenvalue weighted by atomic mass is 79.9. The van der Waals surface area contributed by atoms with Gasteiger partial charge in [0, 0.05) is 9.86 Å². The number of pyridine rings is 1. The number of aromatic amines is 1. The number of benzene rings is 1. The second-order valence-corrected chi connectivity index (χ2v) is 4.05. The van der Waals surface area contributed by atoms with Gasteiger partial charge in [0.05, 0.1) is 5.52 Å². The molecule has 0 radical (unpaired) electrons. The molecule has 0 bridgehead atoms. The molecular weight excluding hydrogens is 281 g/mol. The number of carboxylic acids is 1. The molecule has 0 aliphatic carbocycles. The Balaban J connectivity index is 3.00. The van der Waals surface area contributed by atoms with Crippen LogP contribution < -0.4 is 5.56 Å². The molecule has 0 saturated carbocycles. The molecule has 2 rings (SSSR count). The van der Waals surface area contributed by atoms with Crippen LogP contribution in [0, 0.1) is 5.82 Å². The topological polar surface area (TPSA) is 70.2 Å². The van der Waals surface area contributed by atoms with E-state index in [1.54, 1.807) is 6.07 Å². The van der Waals surface area contributed by atoms with Crippen LogP contribution in [-0.4, -0.2) is 16.1 Å². The summed E-state index contributed by atoms with van der Waals surface area (Å²) in [5, 5.41) is 9.01. The zero-order valence-electron chi connectivity index (χ0n) is 7.75. The largest absolute Gasteiger partial charge is 0.478 e. The Kier molecular flexibility index (Phi) is 2.51. The van der Waals surface area contributed by atoms with Gasteiger partial charge in [-0.15, -0.1) is 0 Å². The van der Waals surface area contributed by atoms with Crippen LogP contribution in [0.25, 0.3) is 10.9 Å². The van der Waals surface area contributed by atoms with E-state index in [0.717, 1.165) is 0 Å². The first-order valence-corrected chi connectivity index (χ1v) is 5.04. The molecule has 1 aromatic carbocycles. The third-order valence-corrected chi connectivity index (χ3v) is 2.63. The highest BCUT2D eigenvalue weighted by Gasteiger charge is 2.18. The van der Waals surface area contributed by atoms with Gasteiger partial charge < -0.3 is 10.1 Å². The maximum absolute atomic E-state index is 13.3. The summed E-state index contributed by atoms with van der Waals surface area (Å²) in [5.74, 6) is -2.74. The first-order chi connectivity index (χ1) is 7.50. The van der Waals surface area contributed by atoms with Gasteiger partial charge in [0.1, 0.15) is 5.56 Å². The molecule has 82 valence electrons. The minimum Gasteiger partial charge on any atom is -0.478 e. The van der Waals surface area contributed by atoms with Crippen LogP contribution in [0.2, 0.25) is 0 Å². The number of carbonyl (C=O) groups is 1. The molecule has 1 aromatic heterocycles. The first kappa shape index (κ1) is 10.8. The fourth-order valence-corrected chi connectivity index (χ4v) is 1.82. The Bertz CT molecular complexity index is 650. The Morgan fingerprint density at radius 3 is 2.75 bits per heavy atom. The van der Waals surface area contributed by atoms with Gasteiger partial charge in [-0.3, -0.25) is 4.79 Å². The zero-order valence-corrected chi connectivity index (χ0v) is 9.34. The lowest BCUT2D eigenvalue weighted by Crippen LogP contribution is -2.17. The van der Waals surface area contributed by atoms with E-state index in [1.807, 2.05) is 0 Å². The molecular formula is C10H5BrFNO3. The van der Waals surface area contributed by atoms with Crippen LogP contribution in [-0.2, 0) is 0 Å². The number of aromatic carboxylic acids is 1. The summed E-state index contributed by atoms with van der Waals surface area (Å²) in [6.45, 7) is 0. The van der Waals surface area contributed by atoms with Gasteiger partial charge >= 0.3 is 5.97 Å². The van der Waals surface area contributed by atoms with E-state index in [0.29, 0.717) is 4.47 Å². The third-order valence-electron chi connectivity index (χ3n) is 2.13. The van der Waals surface area contributed by atoms with Crippen molar-refractivity contribution < 1.29 is 14.3 Å². The maximum atomic E-state index is 13.3. The lowest BCUT2D eigenvalue weighted by molar-refractivity contribution is 0.0694. The molecule has 0 unspecified atom stereocenters. The first-order valence-electron chi connectivity index (χ1n) is 4.25. The molecule has 0 aliphatic rings. The number of H-pyrrole nitrogens is 1. The number of nitrogens with one attached hydrogen (secondary N) is 1. The number of carboxylic acid groups (broad SMARTS) is 1. The van der Waals surface area contributed by atoms with Crippen molar-refractivity contribution in [2.45, 2.75) is 0 Å². The van der Waals surface area contributed by atoms with Gasteiger partial charge in [-0.2, -0.15) is 4.39 Å². The highest BCUT2D eigenvalue weighted by molar-refractivity contribution is 9.10. The molecule has 0 spiro atoms. The molecule has 0 fully saturated rings. The molecule has 16 heavy (non-hydrogen) atoms. The van der Waals surface area contributed by atoms with E-state index in [4.69, 9.17) is 5.11 Å². The van der Waals surface area contributed by atoms with Gasteiger partial charge in [-0.05, 0) is 12.1 Å². The maximum Gasteiger partial charge on any atom is 0.339 e. The predicted octanol–water partition coefficient (Wildman–Crippen LogP) is 2.13. The number of rotatable bonds is 1. The standard InChI is InChI=1S/C10H5BrFNO3/c11-4-1-2-5-6(3-4)13-9(14)8(12)7(5)10(15)16/h1-3H,(H,13,14)(H,15,16). The number of fused-ring (bicyclic) bond motifs is 1. The second kappa shape index (κ2) is 3.71. The van der Waals surface area contributed by atoms with Crippen molar-refractivity contribution in [3.63, 3.8) is 0 Å². The van der Waals surface area contributed by atoms with Gasteiger partial charge in [0.2, 0.25) is 5.82 Å². The molecule has 4 nitrogen and oxygen atoms in total. The van der Waals surface area contributed by atoms with E-state index in [9.17, 15) is 14.0 Å². The SMILES string of the molecule is O=C(O)c1c(F)c(=O)[nH]c2cc(Br)ccc12.